The Hall–Kier alpha value is -4.31. The lowest BCUT2D eigenvalue weighted by atomic mass is 10.0. The number of piperazine rings is 1. The number of benzene rings is 2. The molecule has 0 amide bonds. The van der Waals surface area contributed by atoms with Gasteiger partial charge in [-0.1, -0.05) is 6.07 Å². The highest BCUT2D eigenvalue weighted by Crippen LogP contribution is 2.37. The number of nitrogens with zero attached hydrogens (tertiary/aromatic N) is 6. The lowest BCUT2D eigenvalue weighted by Gasteiger charge is -2.43. The second kappa shape index (κ2) is 10.9. The summed E-state index contributed by atoms with van der Waals surface area (Å²) in [5.41, 5.74) is 3.35. The van der Waals surface area contributed by atoms with Crippen LogP contribution in [0.4, 0.5) is 37.6 Å². The number of halogens is 2. The highest BCUT2D eigenvalue weighted by molar-refractivity contribution is 5.74. The molecule has 0 radical (unpaired) electrons. The van der Waals surface area contributed by atoms with Gasteiger partial charge in [0.05, 0.1) is 29.0 Å². The van der Waals surface area contributed by atoms with E-state index in [-0.39, 0.29) is 23.1 Å². The molecule has 6 rings (SSSR count). The maximum Gasteiger partial charge on any atom is 0.236 e. The third-order valence-electron chi connectivity index (χ3n) is 7.47. The minimum Gasteiger partial charge on any atom is -0.486 e. The van der Waals surface area contributed by atoms with Crippen LogP contribution >= 0.6 is 0 Å². The molecular weight excluding hydrogens is 524 g/mol. The molecule has 0 atom stereocenters. The summed E-state index contributed by atoms with van der Waals surface area (Å²) in [4.78, 5) is 20.5. The van der Waals surface area contributed by atoms with Crippen LogP contribution < -0.4 is 19.9 Å². The van der Waals surface area contributed by atoms with Crippen molar-refractivity contribution in [3.8, 4) is 17.0 Å². The van der Waals surface area contributed by atoms with Crippen molar-refractivity contribution in [1.82, 2.24) is 19.9 Å². The van der Waals surface area contributed by atoms with E-state index < -0.39 is 5.82 Å². The Morgan fingerprint density at radius 3 is 2.51 bits per heavy atom. The lowest BCUT2D eigenvalue weighted by molar-refractivity contribution is 0.128. The summed E-state index contributed by atoms with van der Waals surface area (Å²) in [6.07, 6.45) is 3.44. The molecule has 0 spiro atoms. The first kappa shape index (κ1) is 26.9. The van der Waals surface area contributed by atoms with Crippen molar-refractivity contribution < 1.29 is 13.5 Å². The van der Waals surface area contributed by atoms with Gasteiger partial charge in [-0.2, -0.15) is 0 Å². The quantitative estimate of drug-likeness (QED) is 0.320. The normalized spacial score (nSPS) is 15.6. The number of pyridine rings is 1. The fraction of sp³-hybridized carbons (Fsp3) is 0.323. The molecule has 1 saturated heterocycles. The molecule has 2 aromatic heterocycles. The highest BCUT2D eigenvalue weighted by Gasteiger charge is 2.26. The maximum atomic E-state index is 14.8. The van der Waals surface area contributed by atoms with Crippen molar-refractivity contribution >= 4 is 28.8 Å². The number of fused-ring (bicyclic) bond motifs is 1. The van der Waals surface area contributed by atoms with E-state index in [2.05, 4.69) is 40.9 Å². The average molecular weight is 558 g/mol. The molecule has 2 aromatic carbocycles. The second-order valence-electron chi connectivity index (χ2n) is 11.2. The van der Waals surface area contributed by atoms with Crippen molar-refractivity contribution in [1.29, 1.82) is 0 Å². The van der Waals surface area contributed by atoms with Gasteiger partial charge in [-0.3, -0.25) is 9.80 Å². The van der Waals surface area contributed by atoms with Crippen LogP contribution in [-0.2, 0) is 0 Å². The maximum absolute atomic E-state index is 14.8. The van der Waals surface area contributed by atoms with E-state index in [9.17, 15) is 8.78 Å². The molecule has 4 heterocycles. The first-order valence-corrected chi connectivity index (χ1v) is 13.8. The van der Waals surface area contributed by atoms with E-state index in [0.717, 1.165) is 31.9 Å². The summed E-state index contributed by atoms with van der Waals surface area (Å²) in [6.45, 7) is 11.5. The Morgan fingerprint density at radius 1 is 0.951 bits per heavy atom. The fourth-order valence-corrected chi connectivity index (χ4v) is 5.27. The van der Waals surface area contributed by atoms with Crippen molar-refractivity contribution in [3.05, 3.63) is 78.6 Å². The van der Waals surface area contributed by atoms with E-state index in [1.54, 1.807) is 29.3 Å². The molecular formula is C31H33F2N7O. The molecule has 0 bridgehead atoms. The third kappa shape index (κ3) is 5.65. The van der Waals surface area contributed by atoms with E-state index in [4.69, 9.17) is 14.7 Å². The van der Waals surface area contributed by atoms with Crippen LogP contribution in [0.25, 0.3) is 11.3 Å². The molecule has 41 heavy (non-hydrogen) atoms. The zero-order chi connectivity index (χ0) is 28.6. The van der Waals surface area contributed by atoms with E-state index in [1.807, 2.05) is 24.4 Å². The lowest BCUT2D eigenvalue weighted by Crippen LogP contribution is -2.53. The van der Waals surface area contributed by atoms with E-state index >= 15 is 0 Å². The number of hydrogen-bond donors (Lipinski definition) is 1. The fourth-order valence-electron chi connectivity index (χ4n) is 5.27. The third-order valence-corrected chi connectivity index (χ3v) is 7.47. The molecule has 2 aliphatic heterocycles. The van der Waals surface area contributed by atoms with E-state index in [1.165, 1.54) is 18.2 Å². The standard InChI is InChI=1S/C31H33F2N7O/c1-31(2,3)39-14-12-38(13-15-39)24-7-8-28(36-20-24)40(23-6-4-5-22(32)19-23)30-35-10-9-26(37-30)21-17-25(33)29-27(18-21)34-11-16-41-29/h4-10,17-20,34H,11-16H2,1-3H3. The summed E-state index contributed by atoms with van der Waals surface area (Å²) in [5, 5.41) is 3.17. The number of rotatable bonds is 5. The average Bonchev–Trinajstić information content (AvgIpc) is 2.98. The number of anilines is 5. The molecule has 4 aromatic rings. The van der Waals surface area contributed by atoms with Gasteiger partial charge in [-0.25, -0.2) is 23.7 Å². The Morgan fingerprint density at radius 2 is 1.78 bits per heavy atom. The van der Waals surface area contributed by atoms with Gasteiger partial charge in [0.2, 0.25) is 5.95 Å². The molecule has 2 aliphatic rings. The second-order valence-corrected chi connectivity index (χ2v) is 11.2. The monoisotopic (exact) mass is 557 g/mol. The minimum absolute atomic E-state index is 0.142. The number of nitrogens with one attached hydrogen (secondary N) is 1. The molecule has 0 saturated carbocycles. The molecule has 1 fully saturated rings. The molecule has 10 heteroatoms. The Bertz CT molecular complexity index is 1530. The Balaban J connectivity index is 1.33. The minimum atomic E-state index is -0.465. The predicted molar refractivity (Wildman–Crippen MR) is 157 cm³/mol. The summed E-state index contributed by atoms with van der Waals surface area (Å²) >= 11 is 0. The molecule has 8 nitrogen and oxygen atoms in total. The van der Waals surface area contributed by atoms with Crippen LogP contribution in [0.3, 0.4) is 0 Å². The summed E-state index contributed by atoms with van der Waals surface area (Å²) in [5.74, 6) is 0.179. The topological polar surface area (TPSA) is 69.7 Å². The zero-order valence-corrected chi connectivity index (χ0v) is 23.4. The van der Waals surface area contributed by atoms with Crippen LogP contribution in [0.5, 0.6) is 5.75 Å². The molecule has 0 unspecified atom stereocenters. The SMILES string of the molecule is CC(C)(C)N1CCN(c2ccc(N(c3cccc(F)c3)c3nccc(-c4cc(F)c5c(c4)NCCO5)n3)nc2)CC1. The predicted octanol–water partition coefficient (Wildman–Crippen LogP) is 6.01. The molecule has 1 N–H and O–H groups in total. The first-order chi connectivity index (χ1) is 19.8. The van der Waals surface area contributed by atoms with Crippen LogP contribution in [0.15, 0.2) is 67.0 Å². The van der Waals surface area contributed by atoms with Crippen molar-refractivity contribution in [3.63, 3.8) is 0 Å². The number of aromatic nitrogens is 3. The van der Waals surface area contributed by atoms with Gasteiger partial charge in [0.1, 0.15) is 18.2 Å². The summed E-state index contributed by atoms with van der Waals surface area (Å²) in [7, 11) is 0. The first-order valence-electron chi connectivity index (χ1n) is 13.8. The molecule has 0 aliphatic carbocycles. The smallest absolute Gasteiger partial charge is 0.236 e. The highest BCUT2D eigenvalue weighted by atomic mass is 19.1. The van der Waals surface area contributed by atoms with Crippen LogP contribution in [-0.4, -0.2) is 64.7 Å². The van der Waals surface area contributed by atoms with Gasteiger partial charge in [0, 0.05) is 50.0 Å². The van der Waals surface area contributed by atoms with Gasteiger partial charge >= 0.3 is 0 Å². The number of ether oxygens (including phenoxy) is 1. The van der Waals surface area contributed by atoms with Crippen molar-refractivity contribution in [2.75, 3.05) is 54.4 Å². The van der Waals surface area contributed by atoms with E-state index in [0.29, 0.717) is 41.6 Å². The van der Waals surface area contributed by atoms with Crippen LogP contribution in [0, 0.1) is 11.6 Å². The van der Waals surface area contributed by atoms with Gasteiger partial charge in [0.15, 0.2) is 11.6 Å². The van der Waals surface area contributed by atoms with Crippen molar-refractivity contribution in [2.24, 2.45) is 0 Å². The number of hydrogen-bond acceptors (Lipinski definition) is 8. The largest absolute Gasteiger partial charge is 0.486 e. The summed E-state index contributed by atoms with van der Waals surface area (Å²) in [6, 6.07) is 15.1. The summed E-state index contributed by atoms with van der Waals surface area (Å²) < 4.78 is 34.7. The molecule has 212 valence electrons. The van der Waals surface area contributed by atoms with Crippen LogP contribution in [0.2, 0.25) is 0 Å². The van der Waals surface area contributed by atoms with Gasteiger partial charge in [-0.15, -0.1) is 0 Å². The van der Waals surface area contributed by atoms with Gasteiger partial charge < -0.3 is 15.0 Å². The zero-order valence-electron chi connectivity index (χ0n) is 23.4. The van der Waals surface area contributed by atoms with Gasteiger partial charge in [0.25, 0.3) is 0 Å². The Labute approximate surface area is 238 Å². The van der Waals surface area contributed by atoms with Crippen LogP contribution in [0.1, 0.15) is 20.8 Å². The Kier molecular flexibility index (Phi) is 7.17. The van der Waals surface area contributed by atoms with Crippen molar-refractivity contribution in [2.45, 2.75) is 26.3 Å². The van der Waals surface area contributed by atoms with Gasteiger partial charge in [-0.05, 0) is 69.3 Å².